The Bertz CT molecular complexity index is 512. The summed E-state index contributed by atoms with van der Waals surface area (Å²) in [5, 5.41) is 6.16. The van der Waals surface area contributed by atoms with Crippen molar-refractivity contribution in [3.05, 3.63) is 34.5 Å². The van der Waals surface area contributed by atoms with E-state index >= 15 is 0 Å². The molecule has 0 aromatic carbocycles. The molecule has 0 amide bonds. The third kappa shape index (κ3) is 2.76. The molecule has 2 N–H and O–H groups in total. The fraction of sp³-hybridized carbons (Fsp3) is 0.273. The van der Waals surface area contributed by atoms with E-state index in [0.29, 0.717) is 6.54 Å². The fourth-order valence-electron chi connectivity index (χ4n) is 1.42. The van der Waals surface area contributed by atoms with Crippen molar-refractivity contribution in [2.24, 2.45) is 0 Å². The van der Waals surface area contributed by atoms with Crippen molar-refractivity contribution in [1.29, 1.82) is 0 Å². The van der Waals surface area contributed by atoms with Crippen molar-refractivity contribution in [2.45, 2.75) is 13.5 Å². The van der Waals surface area contributed by atoms with Crippen LogP contribution in [0.3, 0.4) is 0 Å². The minimum absolute atomic E-state index is 0.590. The van der Waals surface area contributed by atoms with E-state index in [4.69, 9.17) is 4.42 Å². The normalized spacial score (nSPS) is 10.3. The van der Waals surface area contributed by atoms with Gasteiger partial charge in [-0.05, 0) is 35.0 Å². The minimum atomic E-state index is 0.590. The molecule has 0 aliphatic rings. The molecule has 0 radical (unpaired) electrons. The van der Waals surface area contributed by atoms with Crippen LogP contribution in [0, 0.1) is 6.92 Å². The van der Waals surface area contributed by atoms with Gasteiger partial charge in [-0.15, -0.1) is 0 Å². The summed E-state index contributed by atoms with van der Waals surface area (Å²) >= 11 is 3.44. The Morgan fingerprint density at radius 3 is 2.71 bits per heavy atom. The van der Waals surface area contributed by atoms with Crippen molar-refractivity contribution in [1.82, 2.24) is 9.97 Å². The van der Waals surface area contributed by atoms with Gasteiger partial charge in [-0.25, -0.2) is 9.97 Å². The molecule has 2 rings (SSSR count). The Kier molecular flexibility index (Phi) is 3.63. The second-order valence-corrected chi connectivity index (χ2v) is 4.29. The van der Waals surface area contributed by atoms with Crippen LogP contribution in [0.1, 0.15) is 11.5 Å². The molecule has 17 heavy (non-hydrogen) atoms. The van der Waals surface area contributed by atoms with Gasteiger partial charge in [0.25, 0.3) is 0 Å². The molecule has 0 aliphatic heterocycles. The molecule has 0 aliphatic carbocycles. The van der Waals surface area contributed by atoms with Gasteiger partial charge in [-0.3, -0.25) is 0 Å². The molecular formula is C11H13BrN4O. The smallest absolute Gasteiger partial charge is 0.146 e. The van der Waals surface area contributed by atoms with Crippen LogP contribution in [-0.2, 0) is 6.54 Å². The molecule has 0 saturated carbocycles. The molecule has 2 aromatic rings. The summed E-state index contributed by atoms with van der Waals surface area (Å²) in [6, 6.07) is 3.88. The van der Waals surface area contributed by atoms with Crippen LogP contribution in [-0.4, -0.2) is 17.0 Å². The Labute approximate surface area is 108 Å². The number of anilines is 2. The molecule has 2 heterocycles. The largest absolute Gasteiger partial charge is 0.465 e. The van der Waals surface area contributed by atoms with Gasteiger partial charge in [0, 0.05) is 7.05 Å². The van der Waals surface area contributed by atoms with E-state index in [2.05, 4.69) is 36.5 Å². The Morgan fingerprint density at radius 1 is 1.29 bits per heavy atom. The number of nitrogens with zero attached hydrogens (tertiary/aromatic N) is 2. The monoisotopic (exact) mass is 296 g/mol. The first-order valence-electron chi connectivity index (χ1n) is 5.18. The maximum atomic E-state index is 5.46. The predicted molar refractivity (Wildman–Crippen MR) is 70.1 cm³/mol. The van der Waals surface area contributed by atoms with E-state index in [-0.39, 0.29) is 0 Å². The molecule has 0 fully saturated rings. The van der Waals surface area contributed by atoms with Crippen LogP contribution in [0.15, 0.2) is 27.3 Å². The van der Waals surface area contributed by atoms with E-state index in [1.807, 2.05) is 26.1 Å². The molecule has 0 spiro atoms. The van der Waals surface area contributed by atoms with Crippen molar-refractivity contribution >= 4 is 27.6 Å². The van der Waals surface area contributed by atoms with Gasteiger partial charge in [0.2, 0.25) is 0 Å². The molecule has 6 heteroatoms. The Hall–Kier alpha value is -1.56. The summed E-state index contributed by atoms with van der Waals surface area (Å²) in [5.74, 6) is 3.26. The summed E-state index contributed by atoms with van der Waals surface area (Å²) in [4.78, 5) is 8.24. The lowest BCUT2D eigenvalue weighted by Crippen LogP contribution is -2.04. The van der Waals surface area contributed by atoms with E-state index in [0.717, 1.165) is 27.6 Å². The molecule has 0 unspecified atom stereocenters. The highest BCUT2D eigenvalue weighted by Crippen LogP contribution is 2.26. The third-order valence-electron chi connectivity index (χ3n) is 2.25. The average molecular weight is 297 g/mol. The number of aromatic nitrogens is 2. The maximum absolute atomic E-state index is 5.46. The van der Waals surface area contributed by atoms with Crippen LogP contribution in [0.5, 0.6) is 0 Å². The quantitative estimate of drug-likeness (QED) is 0.908. The highest BCUT2D eigenvalue weighted by atomic mass is 79.9. The molecule has 0 saturated heterocycles. The highest BCUT2D eigenvalue weighted by molar-refractivity contribution is 9.10. The molecular weight excluding hydrogens is 284 g/mol. The molecule has 0 atom stereocenters. The summed E-state index contributed by atoms with van der Waals surface area (Å²) in [7, 11) is 1.81. The summed E-state index contributed by atoms with van der Waals surface area (Å²) < 4.78 is 6.28. The van der Waals surface area contributed by atoms with Gasteiger partial charge in [0.1, 0.15) is 34.0 Å². The lowest BCUT2D eigenvalue weighted by molar-refractivity contribution is 0.490. The van der Waals surface area contributed by atoms with Crippen LogP contribution in [0.2, 0.25) is 0 Å². The van der Waals surface area contributed by atoms with Crippen molar-refractivity contribution in [3.63, 3.8) is 0 Å². The van der Waals surface area contributed by atoms with E-state index < -0.39 is 0 Å². The highest BCUT2D eigenvalue weighted by Gasteiger charge is 2.07. The van der Waals surface area contributed by atoms with Crippen LogP contribution in [0.25, 0.3) is 0 Å². The van der Waals surface area contributed by atoms with Crippen LogP contribution in [0.4, 0.5) is 11.6 Å². The molecule has 0 bridgehead atoms. The van der Waals surface area contributed by atoms with Crippen molar-refractivity contribution < 1.29 is 4.42 Å². The fourth-order valence-corrected chi connectivity index (χ4v) is 1.96. The number of hydrogen-bond donors (Lipinski definition) is 2. The molecule has 90 valence electrons. The predicted octanol–water partition coefficient (Wildman–Crippen LogP) is 2.79. The van der Waals surface area contributed by atoms with Crippen LogP contribution < -0.4 is 10.6 Å². The van der Waals surface area contributed by atoms with Gasteiger partial charge in [-0.2, -0.15) is 0 Å². The first-order chi connectivity index (χ1) is 8.20. The van der Waals surface area contributed by atoms with Gasteiger partial charge >= 0.3 is 0 Å². The van der Waals surface area contributed by atoms with Gasteiger partial charge < -0.3 is 15.1 Å². The number of rotatable bonds is 4. The number of hydrogen-bond acceptors (Lipinski definition) is 5. The minimum Gasteiger partial charge on any atom is -0.465 e. The number of halogens is 1. The number of aryl methyl sites for hydroxylation is 1. The van der Waals surface area contributed by atoms with Gasteiger partial charge in [-0.1, -0.05) is 0 Å². The Balaban J connectivity index is 2.09. The van der Waals surface area contributed by atoms with Crippen molar-refractivity contribution in [3.8, 4) is 0 Å². The molecule has 5 nitrogen and oxygen atoms in total. The Morgan fingerprint density at radius 2 is 2.06 bits per heavy atom. The maximum Gasteiger partial charge on any atom is 0.146 e. The second-order valence-electron chi connectivity index (χ2n) is 3.50. The van der Waals surface area contributed by atoms with Crippen LogP contribution >= 0.6 is 15.9 Å². The van der Waals surface area contributed by atoms with E-state index in [1.165, 1.54) is 6.33 Å². The lowest BCUT2D eigenvalue weighted by Gasteiger charge is -2.08. The zero-order valence-electron chi connectivity index (χ0n) is 9.62. The summed E-state index contributed by atoms with van der Waals surface area (Å²) in [6.07, 6.45) is 1.51. The van der Waals surface area contributed by atoms with Crippen molar-refractivity contribution in [2.75, 3.05) is 17.7 Å². The summed E-state index contributed by atoms with van der Waals surface area (Å²) in [6.45, 7) is 2.51. The number of furan rings is 1. The van der Waals surface area contributed by atoms with E-state index in [1.54, 1.807) is 0 Å². The topological polar surface area (TPSA) is 63.0 Å². The average Bonchev–Trinajstić information content (AvgIpc) is 2.74. The first kappa shape index (κ1) is 11.9. The standard InChI is InChI=1S/C11H13BrN4O/c1-7-3-4-8(17-7)5-14-11-9(12)10(13-2)15-6-16-11/h3-4,6H,5H2,1-2H3,(H2,13,14,15,16). The number of nitrogens with one attached hydrogen (secondary N) is 2. The third-order valence-corrected chi connectivity index (χ3v) is 3.00. The van der Waals surface area contributed by atoms with Gasteiger partial charge in [0.05, 0.1) is 6.54 Å². The van der Waals surface area contributed by atoms with E-state index in [9.17, 15) is 0 Å². The molecule has 2 aromatic heterocycles. The lowest BCUT2D eigenvalue weighted by atomic mass is 10.4. The second kappa shape index (κ2) is 5.18. The first-order valence-corrected chi connectivity index (χ1v) is 5.97. The zero-order valence-corrected chi connectivity index (χ0v) is 11.2. The van der Waals surface area contributed by atoms with Gasteiger partial charge in [0.15, 0.2) is 0 Å². The SMILES string of the molecule is CNc1ncnc(NCc2ccc(C)o2)c1Br. The zero-order chi connectivity index (χ0) is 12.3. The summed E-state index contributed by atoms with van der Waals surface area (Å²) in [5.41, 5.74) is 0.